The predicted octanol–water partition coefficient (Wildman–Crippen LogP) is 2.73. The van der Waals surface area contributed by atoms with E-state index >= 15 is 0 Å². The summed E-state index contributed by atoms with van der Waals surface area (Å²) in [5, 5.41) is 0. The third-order valence-electron chi connectivity index (χ3n) is 3.72. The number of benzene rings is 1. The molecule has 0 fully saturated rings. The first-order chi connectivity index (χ1) is 8.17. The Bertz CT molecular complexity index is 542. The lowest BCUT2D eigenvalue weighted by molar-refractivity contribution is -0.120. The first-order valence-corrected chi connectivity index (χ1v) is 5.90. The molecule has 2 nitrogen and oxygen atoms in total. The summed E-state index contributed by atoms with van der Waals surface area (Å²) >= 11 is 0. The summed E-state index contributed by atoms with van der Waals surface area (Å²) in [6.45, 7) is 2.07. The molecule has 0 saturated heterocycles. The monoisotopic (exact) mass is 225 g/mol. The van der Waals surface area contributed by atoms with Crippen molar-refractivity contribution in [2.24, 2.45) is 0 Å². The second kappa shape index (κ2) is 3.33. The molecule has 2 aliphatic rings. The molecule has 0 radical (unpaired) electrons. The van der Waals surface area contributed by atoms with Crippen molar-refractivity contribution in [1.82, 2.24) is 0 Å². The molecule has 0 bridgehead atoms. The number of hydrogen-bond donors (Lipinski definition) is 0. The van der Waals surface area contributed by atoms with Crippen LogP contribution in [-0.2, 0) is 10.2 Å². The molecule has 1 aromatic rings. The van der Waals surface area contributed by atoms with Crippen molar-refractivity contribution in [3.63, 3.8) is 0 Å². The van der Waals surface area contributed by atoms with Gasteiger partial charge >= 0.3 is 0 Å². The molecule has 1 aliphatic heterocycles. The minimum absolute atomic E-state index is 0.147. The van der Waals surface area contributed by atoms with Crippen LogP contribution in [0.15, 0.2) is 42.5 Å². The number of nitrogens with zero attached hydrogens (tertiary/aromatic N) is 1. The normalized spacial score (nSPS) is 20.1. The molecule has 3 rings (SSSR count). The molecule has 1 heterocycles. The van der Waals surface area contributed by atoms with Crippen LogP contribution >= 0.6 is 0 Å². The van der Waals surface area contributed by atoms with Gasteiger partial charge < -0.3 is 4.90 Å². The quantitative estimate of drug-likeness (QED) is 0.622. The molecule has 1 amide bonds. The maximum absolute atomic E-state index is 12.5. The third-order valence-corrected chi connectivity index (χ3v) is 3.72. The molecule has 0 unspecified atom stereocenters. The summed E-state index contributed by atoms with van der Waals surface area (Å²) in [5.74, 6) is 0.147. The van der Waals surface area contributed by atoms with Crippen LogP contribution in [0, 0.1) is 6.92 Å². The Hall–Kier alpha value is -1.83. The highest BCUT2D eigenvalue weighted by Gasteiger charge is 2.47. The summed E-state index contributed by atoms with van der Waals surface area (Å²) in [6, 6.07) is 6.10. The van der Waals surface area contributed by atoms with Crippen LogP contribution in [0.1, 0.15) is 17.5 Å². The van der Waals surface area contributed by atoms with Crippen LogP contribution < -0.4 is 4.90 Å². The third kappa shape index (κ3) is 1.18. The zero-order valence-corrected chi connectivity index (χ0v) is 10.1. The molecule has 2 heteroatoms. The van der Waals surface area contributed by atoms with E-state index in [1.54, 1.807) is 4.90 Å². The van der Waals surface area contributed by atoms with Crippen LogP contribution in [0.5, 0.6) is 0 Å². The number of rotatable bonds is 0. The van der Waals surface area contributed by atoms with Crippen LogP contribution in [-0.4, -0.2) is 13.0 Å². The average Bonchev–Trinajstić information content (AvgIpc) is 2.55. The van der Waals surface area contributed by atoms with Crippen LogP contribution in [0.25, 0.3) is 0 Å². The molecule has 1 spiro atoms. The number of likely N-dealkylation sites (N-methyl/N-ethyl adjacent to an activating group) is 1. The van der Waals surface area contributed by atoms with Gasteiger partial charge in [0, 0.05) is 18.3 Å². The fraction of sp³-hybridized carbons (Fsp3) is 0.267. The largest absolute Gasteiger partial charge is 0.314 e. The standard InChI is InChI=1S/C15H15NO/c1-11-7-6-8-12-13(11)15(14(17)16(12)2)9-4-3-5-10-15/h4-10H,3H2,1-2H3. The van der Waals surface area contributed by atoms with E-state index in [9.17, 15) is 4.79 Å². The van der Waals surface area contributed by atoms with Crippen LogP contribution in [0.3, 0.4) is 0 Å². The van der Waals surface area contributed by atoms with Crippen molar-refractivity contribution >= 4 is 11.6 Å². The summed E-state index contributed by atoms with van der Waals surface area (Å²) in [4.78, 5) is 14.3. The van der Waals surface area contributed by atoms with Gasteiger partial charge in [-0.1, -0.05) is 36.4 Å². The summed E-state index contributed by atoms with van der Waals surface area (Å²) in [5.41, 5.74) is 2.80. The first-order valence-electron chi connectivity index (χ1n) is 5.90. The predicted molar refractivity (Wildman–Crippen MR) is 69.2 cm³/mol. The van der Waals surface area contributed by atoms with Crippen molar-refractivity contribution in [3.05, 3.63) is 53.6 Å². The van der Waals surface area contributed by atoms with Crippen molar-refractivity contribution in [2.75, 3.05) is 11.9 Å². The summed E-state index contributed by atoms with van der Waals surface area (Å²) in [6.07, 6.45) is 9.16. The minimum Gasteiger partial charge on any atom is -0.314 e. The van der Waals surface area contributed by atoms with E-state index in [0.29, 0.717) is 0 Å². The van der Waals surface area contributed by atoms with Crippen molar-refractivity contribution < 1.29 is 4.79 Å². The smallest absolute Gasteiger partial charge is 0.245 e. The van der Waals surface area contributed by atoms with Gasteiger partial charge in [-0.15, -0.1) is 0 Å². The van der Waals surface area contributed by atoms with Crippen molar-refractivity contribution in [2.45, 2.75) is 18.8 Å². The van der Waals surface area contributed by atoms with Crippen LogP contribution in [0.4, 0.5) is 5.69 Å². The second-order valence-corrected chi connectivity index (χ2v) is 4.74. The van der Waals surface area contributed by atoms with E-state index in [1.807, 2.05) is 31.3 Å². The van der Waals surface area contributed by atoms with Gasteiger partial charge in [0.25, 0.3) is 0 Å². The number of aryl methyl sites for hydroxylation is 1. The summed E-state index contributed by atoms with van der Waals surface area (Å²) in [7, 11) is 1.85. The molecule has 1 aromatic carbocycles. The lowest BCUT2D eigenvalue weighted by atomic mass is 9.77. The van der Waals surface area contributed by atoms with Gasteiger partial charge in [0.05, 0.1) is 0 Å². The number of anilines is 1. The molecule has 1 aliphatic carbocycles. The van der Waals surface area contributed by atoms with E-state index in [1.165, 1.54) is 5.56 Å². The Labute approximate surface area is 101 Å². The number of hydrogen-bond acceptors (Lipinski definition) is 1. The molecule has 17 heavy (non-hydrogen) atoms. The molecule has 0 N–H and O–H groups in total. The number of allylic oxidation sites excluding steroid dienone is 2. The zero-order chi connectivity index (χ0) is 12.0. The fourth-order valence-electron chi connectivity index (χ4n) is 2.92. The molecular weight excluding hydrogens is 210 g/mol. The van der Waals surface area contributed by atoms with E-state index in [2.05, 4.69) is 25.1 Å². The number of carbonyl (C=O) groups is 1. The maximum Gasteiger partial charge on any atom is 0.245 e. The summed E-state index contributed by atoms with van der Waals surface area (Å²) < 4.78 is 0. The van der Waals surface area contributed by atoms with Gasteiger partial charge in [-0.3, -0.25) is 4.79 Å². The lowest BCUT2D eigenvalue weighted by Gasteiger charge is -2.23. The Morgan fingerprint density at radius 3 is 2.65 bits per heavy atom. The maximum atomic E-state index is 12.5. The topological polar surface area (TPSA) is 20.3 Å². The van der Waals surface area contributed by atoms with E-state index in [-0.39, 0.29) is 5.91 Å². The Morgan fingerprint density at radius 1 is 1.24 bits per heavy atom. The average molecular weight is 225 g/mol. The Morgan fingerprint density at radius 2 is 1.94 bits per heavy atom. The Kier molecular flexibility index (Phi) is 2.02. The number of amides is 1. The highest BCUT2D eigenvalue weighted by atomic mass is 16.2. The van der Waals surface area contributed by atoms with E-state index in [0.717, 1.165) is 17.7 Å². The molecular formula is C15H15NO. The lowest BCUT2D eigenvalue weighted by Crippen LogP contribution is -2.36. The first kappa shape index (κ1) is 10.3. The Balaban J connectivity index is 2.33. The van der Waals surface area contributed by atoms with Crippen molar-refractivity contribution in [1.29, 1.82) is 0 Å². The fourth-order valence-corrected chi connectivity index (χ4v) is 2.92. The van der Waals surface area contributed by atoms with Gasteiger partial charge in [-0.05, 0) is 25.0 Å². The highest BCUT2D eigenvalue weighted by Crippen LogP contribution is 2.46. The van der Waals surface area contributed by atoms with Gasteiger partial charge in [0.2, 0.25) is 5.91 Å². The number of fused-ring (bicyclic) bond motifs is 2. The molecule has 0 saturated carbocycles. The highest BCUT2D eigenvalue weighted by molar-refractivity contribution is 6.11. The van der Waals surface area contributed by atoms with Gasteiger partial charge in [0.1, 0.15) is 5.41 Å². The number of carbonyl (C=O) groups excluding carboxylic acids is 1. The minimum atomic E-state index is -0.548. The van der Waals surface area contributed by atoms with Gasteiger partial charge in [0.15, 0.2) is 0 Å². The molecule has 0 atom stereocenters. The van der Waals surface area contributed by atoms with E-state index < -0.39 is 5.41 Å². The second-order valence-electron chi connectivity index (χ2n) is 4.74. The van der Waals surface area contributed by atoms with E-state index in [4.69, 9.17) is 0 Å². The van der Waals surface area contributed by atoms with Gasteiger partial charge in [-0.2, -0.15) is 0 Å². The molecule has 0 aromatic heterocycles. The zero-order valence-electron chi connectivity index (χ0n) is 10.1. The van der Waals surface area contributed by atoms with Crippen LogP contribution in [0.2, 0.25) is 0 Å². The molecule has 86 valence electrons. The van der Waals surface area contributed by atoms with Crippen molar-refractivity contribution in [3.8, 4) is 0 Å². The van der Waals surface area contributed by atoms with Gasteiger partial charge in [-0.25, -0.2) is 0 Å². The SMILES string of the molecule is Cc1cccc2c1C1(C=CCC=C1)C(=O)N2C.